The van der Waals surface area contributed by atoms with Gasteiger partial charge in [-0.3, -0.25) is 9.69 Å². The van der Waals surface area contributed by atoms with E-state index in [1.165, 1.54) is 0 Å². The Morgan fingerprint density at radius 1 is 1.03 bits per heavy atom. The van der Waals surface area contributed by atoms with Crippen LogP contribution in [0.5, 0.6) is 5.75 Å². The minimum Gasteiger partial charge on any atom is -0.486 e. The summed E-state index contributed by atoms with van der Waals surface area (Å²) in [5, 5.41) is 6.13. The van der Waals surface area contributed by atoms with Gasteiger partial charge in [0, 0.05) is 34.1 Å². The van der Waals surface area contributed by atoms with Crippen molar-refractivity contribution >= 4 is 39.3 Å². The molecule has 1 aliphatic rings. The molecule has 0 aliphatic carbocycles. The molecule has 202 valence electrons. The maximum atomic E-state index is 13.4. The van der Waals surface area contributed by atoms with E-state index in [9.17, 15) is 9.59 Å². The molecule has 0 fully saturated rings. The third-order valence-electron chi connectivity index (χ3n) is 7.91. The molecular weight excluding hydrogens is 490 g/mol. The van der Waals surface area contributed by atoms with Crippen LogP contribution in [0.3, 0.4) is 0 Å². The summed E-state index contributed by atoms with van der Waals surface area (Å²) in [5.74, 6) is 0.282. The van der Waals surface area contributed by atoms with Crippen molar-refractivity contribution in [2.45, 2.75) is 53.6 Å². The lowest BCUT2D eigenvalue weighted by Crippen LogP contribution is -2.50. The second-order valence-corrected chi connectivity index (χ2v) is 10.4. The van der Waals surface area contributed by atoms with Gasteiger partial charge in [-0.2, -0.15) is 0 Å². The number of ketones is 1. The number of carbonyl (C=O) groups is 2. The molecule has 0 N–H and O–H groups in total. The molecule has 7 nitrogen and oxygen atoms in total. The molecule has 39 heavy (non-hydrogen) atoms. The van der Waals surface area contributed by atoms with Crippen LogP contribution >= 0.6 is 0 Å². The summed E-state index contributed by atoms with van der Waals surface area (Å²) < 4.78 is 8.39. The van der Waals surface area contributed by atoms with Gasteiger partial charge >= 0.3 is 5.97 Å². The van der Waals surface area contributed by atoms with E-state index in [-0.39, 0.29) is 12.4 Å². The second kappa shape index (κ2) is 10.3. The molecule has 0 saturated heterocycles. The highest BCUT2D eigenvalue weighted by atomic mass is 16.7. The van der Waals surface area contributed by atoms with Crippen LogP contribution in [-0.4, -0.2) is 52.2 Å². The first-order valence-electron chi connectivity index (χ1n) is 13.6. The first-order valence-corrected chi connectivity index (χ1v) is 13.6. The van der Waals surface area contributed by atoms with E-state index in [2.05, 4.69) is 16.6 Å². The van der Waals surface area contributed by atoms with Crippen LogP contribution in [0.15, 0.2) is 59.8 Å². The Morgan fingerprint density at radius 3 is 2.44 bits per heavy atom. The van der Waals surface area contributed by atoms with E-state index in [0.29, 0.717) is 22.6 Å². The molecule has 0 saturated carbocycles. The van der Waals surface area contributed by atoms with Gasteiger partial charge < -0.3 is 14.1 Å². The van der Waals surface area contributed by atoms with Crippen LogP contribution in [0.4, 0.5) is 0 Å². The second-order valence-electron chi connectivity index (χ2n) is 10.4. The van der Waals surface area contributed by atoms with Crippen molar-refractivity contribution in [3.8, 4) is 5.75 Å². The number of aromatic nitrogens is 1. The van der Waals surface area contributed by atoms with Gasteiger partial charge in [-0.15, -0.1) is 0 Å². The summed E-state index contributed by atoms with van der Waals surface area (Å²) in [6, 6.07) is 17.5. The van der Waals surface area contributed by atoms with Gasteiger partial charge in [0.25, 0.3) is 0 Å². The normalized spacial score (nSPS) is 14.3. The number of nitrogens with zero attached hydrogens (tertiary/aromatic N) is 3. The van der Waals surface area contributed by atoms with E-state index in [0.717, 1.165) is 52.6 Å². The molecule has 0 bridgehead atoms. The topological polar surface area (TPSA) is 73.1 Å². The van der Waals surface area contributed by atoms with Crippen LogP contribution in [0.1, 0.15) is 61.7 Å². The Bertz CT molecular complexity index is 1630. The van der Waals surface area contributed by atoms with Crippen molar-refractivity contribution in [3.63, 3.8) is 0 Å². The largest absolute Gasteiger partial charge is 0.486 e. The zero-order chi connectivity index (χ0) is 27.9. The van der Waals surface area contributed by atoms with E-state index in [1.807, 2.05) is 94.1 Å². The van der Waals surface area contributed by atoms with Gasteiger partial charge in [-0.25, -0.2) is 4.79 Å². The van der Waals surface area contributed by atoms with Gasteiger partial charge in [0.15, 0.2) is 5.78 Å². The Labute approximate surface area is 229 Å². The first-order chi connectivity index (χ1) is 18.7. The minimum absolute atomic E-state index is 0.00845. The van der Waals surface area contributed by atoms with Crippen molar-refractivity contribution < 1.29 is 19.2 Å². The third-order valence-corrected chi connectivity index (χ3v) is 7.91. The predicted molar refractivity (Wildman–Crippen MR) is 155 cm³/mol. The summed E-state index contributed by atoms with van der Waals surface area (Å²) in [6.45, 7) is 14.2. The Morgan fingerprint density at radius 2 is 1.74 bits per heavy atom. The van der Waals surface area contributed by atoms with E-state index in [1.54, 1.807) is 0 Å². The summed E-state index contributed by atoms with van der Waals surface area (Å²) >= 11 is 0. The van der Waals surface area contributed by atoms with E-state index in [4.69, 9.17) is 9.57 Å². The number of oxime groups is 1. The van der Waals surface area contributed by atoms with Gasteiger partial charge in [-0.05, 0) is 76.7 Å². The molecular formula is C32H35N3O4. The van der Waals surface area contributed by atoms with Crippen LogP contribution in [-0.2, 0) is 16.2 Å². The molecule has 3 aromatic carbocycles. The number of likely N-dealkylation sites (N-methyl/N-ethyl adjacent to an activating group) is 1. The van der Waals surface area contributed by atoms with E-state index < -0.39 is 11.5 Å². The predicted octanol–water partition coefficient (Wildman–Crippen LogP) is 6.11. The zero-order valence-corrected chi connectivity index (χ0v) is 23.5. The lowest BCUT2D eigenvalue weighted by atomic mass is 9.97. The lowest BCUT2D eigenvalue weighted by Gasteiger charge is -2.33. The maximum absolute atomic E-state index is 13.4. The Hall–Kier alpha value is -3.97. The smallest absolute Gasteiger partial charge is 0.354 e. The van der Waals surface area contributed by atoms with Gasteiger partial charge in [-0.1, -0.05) is 43.3 Å². The Kier molecular flexibility index (Phi) is 7.03. The maximum Gasteiger partial charge on any atom is 0.354 e. The van der Waals surface area contributed by atoms with Crippen LogP contribution in [0.25, 0.3) is 21.8 Å². The number of aryl methyl sites for hydroxylation is 2. The first kappa shape index (κ1) is 26.6. The average Bonchev–Trinajstić information content (AvgIpc) is 3.49. The lowest BCUT2D eigenvalue weighted by molar-refractivity contribution is -0.156. The van der Waals surface area contributed by atoms with Gasteiger partial charge in [0.1, 0.15) is 23.6 Å². The molecule has 2 heterocycles. The van der Waals surface area contributed by atoms with Crippen molar-refractivity contribution in [1.82, 2.24) is 9.47 Å². The fourth-order valence-corrected chi connectivity index (χ4v) is 5.65. The minimum atomic E-state index is -0.797. The van der Waals surface area contributed by atoms with Gasteiger partial charge in [0.05, 0.1) is 10.9 Å². The number of benzene rings is 3. The molecule has 1 aliphatic heterocycles. The number of carbonyl (C=O) groups excluding carboxylic acids is 2. The molecule has 0 amide bonds. The standard InChI is InChI=1S/C32H35N3O4/c1-7-34(8-2)32(5,6)31(37)39-33-25-19-38-30-23(25)15-17-27-28(30)24-18-21(14-16-26(24)35(27)9-3)29(36)22-13-11-10-12-20(22)4/h10-18H,7-9,19H2,1-6H3/b33-25+. The summed E-state index contributed by atoms with van der Waals surface area (Å²) in [5.41, 5.74) is 4.89. The number of fused-ring (bicyclic) bond motifs is 5. The summed E-state index contributed by atoms with van der Waals surface area (Å²) in [4.78, 5) is 33.8. The highest BCUT2D eigenvalue weighted by molar-refractivity contribution is 6.20. The molecule has 0 radical (unpaired) electrons. The van der Waals surface area contributed by atoms with Crippen LogP contribution in [0, 0.1) is 6.92 Å². The average molecular weight is 526 g/mol. The summed E-state index contributed by atoms with van der Waals surface area (Å²) in [6.07, 6.45) is 0. The van der Waals surface area contributed by atoms with Crippen molar-refractivity contribution in [3.05, 3.63) is 76.9 Å². The SMILES string of the molecule is CCN(CC)C(C)(C)C(=O)O/N=C1\COc2c1ccc1c2c2cc(C(=O)c3ccccc3C)ccc2n1CC. The fraction of sp³-hybridized carbons (Fsp3) is 0.344. The fourth-order valence-electron chi connectivity index (χ4n) is 5.65. The number of rotatable bonds is 8. The molecule has 0 atom stereocenters. The third kappa shape index (κ3) is 4.40. The molecule has 0 spiro atoms. The van der Waals surface area contributed by atoms with Crippen LogP contribution in [0.2, 0.25) is 0 Å². The number of hydrogen-bond acceptors (Lipinski definition) is 6. The summed E-state index contributed by atoms with van der Waals surface area (Å²) in [7, 11) is 0. The molecule has 0 unspecified atom stereocenters. The molecule has 5 rings (SSSR count). The number of hydrogen-bond donors (Lipinski definition) is 0. The molecule has 4 aromatic rings. The van der Waals surface area contributed by atoms with Crippen molar-refractivity contribution in [2.75, 3.05) is 19.7 Å². The van der Waals surface area contributed by atoms with Gasteiger partial charge in [0.2, 0.25) is 0 Å². The highest BCUT2D eigenvalue weighted by Gasteiger charge is 2.35. The van der Waals surface area contributed by atoms with E-state index >= 15 is 0 Å². The molecule has 1 aromatic heterocycles. The van der Waals surface area contributed by atoms with Crippen molar-refractivity contribution in [1.29, 1.82) is 0 Å². The van der Waals surface area contributed by atoms with Crippen molar-refractivity contribution in [2.24, 2.45) is 5.16 Å². The number of ether oxygens (including phenoxy) is 1. The Balaban J connectivity index is 1.57. The molecule has 7 heteroatoms. The van der Waals surface area contributed by atoms with Crippen LogP contribution < -0.4 is 4.74 Å². The monoisotopic (exact) mass is 525 g/mol. The highest BCUT2D eigenvalue weighted by Crippen LogP contribution is 2.41. The zero-order valence-electron chi connectivity index (χ0n) is 23.5. The quantitative estimate of drug-likeness (QED) is 0.158.